The summed E-state index contributed by atoms with van der Waals surface area (Å²) >= 11 is 1.64. The van der Waals surface area contributed by atoms with E-state index in [2.05, 4.69) is 72.8 Å². The zero-order valence-electron chi connectivity index (χ0n) is 30.3. The molecule has 4 aliphatic heterocycles. The number of piperazine rings is 1. The molecule has 2 N–H and O–H groups in total. The molecule has 3 atom stereocenters. The Hall–Kier alpha value is -5.39. The van der Waals surface area contributed by atoms with Crippen molar-refractivity contribution < 1.29 is 9.59 Å². The summed E-state index contributed by atoms with van der Waals surface area (Å²) in [7, 11) is 0. The molecule has 4 saturated heterocycles. The van der Waals surface area contributed by atoms with Crippen LogP contribution in [0.5, 0.6) is 0 Å². The predicted molar refractivity (Wildman–Crippen MR) is 208 cm³/mol. The lowest BCUT2D eigenvalue weighted by Crippen LogP contribution is -2.55. The van der Waals surface area contributed by atoms with E-state index in [9.17, 15) is 14.9 Å². The first kappa shape index (κ1) is 34.4. The van der Waals surface area contributed by atoms with E-state index in [1.807, 2.05) is 35.0 Å². The molecular weight excluding hydrogens is 699 g/mol. The number of carbonyl (C=O) groups excluding carboxylic acids is 2. The molecule has 5 aromatic rings. The van der Waals surface area contributed by atoms with Crippen LogP contribution in [-0.2, 0) is 9.59 Å². The van der Waals surface area contributed by atoms with Gasteiger partial charge in [0.2, 0.25) is 16.9 Å². The van der Waals surface area contributed by atoms with Crippen LogP contribution in [0.3, 0.4) is 0 Å². The second kappa shape index (κ2) is 14.4. The van der Waals surface area contributed by atoms with Gasteiger partial charge in [-0.2, -0.15) is 10.4 Å². The van der Waals surface area contributed by atoms with E-state index < -0.39 is 0 Å². The minimum atomic E-state index is -0.240. The highest BCUT2D eigenvalue weighted by Crippen LogP contribution is 2.39. The lowest BCUT2D eigenvalue weighted by atomic mass is 9.90. The molecule has 4 aliphatic rings. The fraction of sp³-hybridized carbons (Fsp3) is 0.425. The Bertz CT molecular complexity index is 2220. The average molecular weight is 742 g/mol. The molecule has 54 heavy (non-hydrogen) atoms. The number of hydrogen-bond donors (Lipinski definition) is 2. The summed E-state index contributed by atoms with van der Waals surface area (Å²) in [6.07, 6.45) is 9.23. The monoisotopic (exact) mass is 741 g/mol. The summed E-state index contributed by atoms with van der Waals surface area (Å²) in [5, 5.41) is 30.9. The van der Waals surface area contributed by atoms with Crippen LogP contribution < -0.4 is 20.4 Å². The molecule has 0 saturated carbocycles. The number of amides is 2. The Kier molecular flexibility index (Phi) is 9.20. The average Bonchev–Trinajstić information content (AvgIpc) is 3.91. The highest BCUT2D eigenvalue weighted by atomic mass is 32.1. The normalized spacial score (nSPS) is 22.1. The van der Waals surface area contributed by atoms with Crippen molar-refractivity contribution in [1.82, 2.24) is 35.0 Å². The lowest BCUT2D eigenvalue weighted by Gasteiger charge is -2.43. The Morgan fingerprint density at radius 1 is 0.944 bits per heavy atom. The van der Waals surface area contributed by atoms with Gasteiger partial charge in [0.25, 0.3) is 0 Å². The number of fused-ring (bicyclic) bond motifs is 3. The quantitative estimate of drug-likeness (QED) is 0.190. The molecule has 4 fully saturated rings. The molecule has 14 heteroatoms. The van der Waals surface area contributed by atoms with E-state index >= 15 is 0 Å². The molecule has 9 rings (SSSR count). The van der Waals surface area contributed by atoms with E-state index in [1.165, 1.54) is 31.4 Å². The van der Waals surface area contributed by atoms with Crippen molar-refractivity contribution >= 4 is 45.2 Å². The van der Waals surface area contributed by atoms with Gasteiger partial charge in [-0.15, -0.1) is 10.2 Å². The standard InChI is InChI=1S/C40H43N11O2S/c1-2-42-34-18-35(36-11-9-29-17-26(19-41)20-44-51(29)36)43-21-33(34)39-46-47-40(54-39)49-23-30-7-8-31(24-49)50(30)22-25-13-15-48(16-14-25)28-5-3-27(4-6-28)32-10-12-37(52)45-38(32)53/h3-6,9,11,17-18,20-21,25,30-32H,2,7-8,10,12-16,22-24H2,1H3,(H,42,43)(H,45,52,53)/t30?,31?,32-/m1/s1. The predicted octanol–water partition coefficient (Wildman–Crippen LogP) is 5.31. The summed E-state index contributed by atoms with van der Waals surface area (Å²) in [4.78, 5) is 36.4. The molecule has 2 unspecified atom stereocenters. The third-order valence-electron chi connectivity index (χ3n) is 11.7. The van der Waals surface area contributed by atoms with Crippen molar-refractivity contribution in [3.8, 4) is 28.0 Å². The van der Waals surface area contributed by atoms with Crippen molar-refractivity contribution in [1.29, 1.82) is 5.26 Å². The number of rotatable bonds is 9. The fourth-order valence-electron chi connectivity index (χ4n) is 8.85. The van der Waals surface area contributed by atoms with Gasteiger partial charge in [0, 0.05) is 75.3 Å². The molecule has 0 aliphatic carbocycles. The molecule has 13 nitrogen and oxygen atoms in total. The number of aromatic nitrogens is 5. The Labute approximate surface area is 318 Å². The Morgan fingerprint density at radius 3 is 2.48 bits per heavy atom. The molecule has 2 amide bonds. The summed E-state index contributed by atoms with van der Waals surface area (Å²) in [6, 6.07) is 19.4. The first-order chi connectivity index (χ1) is 26.4. The van der Waals surface area contributed by atoms with Gasteiger partial charge < -0.3 is 15.1 Å². The van der Waals surface area contributed by atoms with Crippen molar-refractivity contribution in [2.45, 2.75) is 63.5 Å². The zero-order valence-corrected chi connectivity index (χ0v) is 31.1. The molecule has 0 spiro atoms. The maximum atomic E-state index is 12.3. The van der Waals surface area contributed by atoms with E-state index in [0.717, 1.165) is 83.1 Å². The minimum absolute atomic E-state index is 0.174. The third-order valence-corrected chi connectivity index (χ3v) is 12.7. The molecular formula is C40H43N11O2S. The van der Waals surface area contributed by atoms with Crippen molar-refractivity contribution in [3.05, 3.63) is 72.1 Å². The Morgan fingerprint density at radius 2 is 1.74 bits per heavy atom. The number of anilines is 3. The van der Waals surface area contributed by atoms with Gasteiger partial charge in [0.05, 0.1) is 40.1 Å². The van der Waals surface area contributed by atoms with Crippen molar-refractivity contribution in [2.75, 3.05) is 54.4 Å². The van der Waals surface area contributed by atoms with Crippen LogP contribution in [0.4, 0.5) is 16.5 Å². The SMILES string of the molecule is CCNc1cc(-c2ccc3cc(C#N)cnn23)ncc1-c1nnc(N2CC3CCC(C2)N3CC2CCN(c3ccc([C@H]4CCC(=O)NC4=O)cc3)CC2)s1. The lowest BCUT2D eigenvalue weighted by molar-refractivity contribution is -0.134. The molecule has 4 aromatic heterocycles. The van der Waals surface area contributed by atoms with Gasteiger partial charge in [0.1, 0.15) is 6.07 Å². The van der Waals surface area contributed by atoms with Crippen molar-refractivity contribution in [3.63, 3.8) is 0 Å². The van der Waals surface area contributed by atoms with E-state index in [0.29, 0.717) is 36.4 Å². The molecule has 8 heterocycles. The van der Waals surface area contributed by atoms with E-state index in [4.69, 9.17) is 10.1 Å². The van der Waals surface area contributed by atoms with Crippen LogP contribution in [0.25, 0.3) is 27.5 Å². The van der Waals surface area contributed by atoms with E-state index in [1.54, 1.807) is 17.5 Å². The summed E-state index contributed by atoms with van der Waals surface area (Å²) < 4.78 is 1.81. The van der Waals surface area contributed by atoms with Crippen LogP contribution in [0, 0.1) is 17.2 Å². The second-order valence-corrected chi connectivity index (χ2v) is 15.9. The highest BCUT2D eigenvalue weighted by molar-refractivity contribution is 7.18. The first-order valence-corrected chi connectivity index (χ1v) is 19.9. The Balaban J connectivity index is 0.819. The number of piperidine rings is 2. The van der Waals surface area contributed by atoms with Gasteiger partial charge >= 0.3 is 0 Å². The summed E-state index contributed by atoms with van der Waals surface area (Å²) in [5.41, 5.74) is 7.10. The number of imide groups is 1. The number of pyridine rings is 1. The van der Waals surface area contributed by atoms with E-state index in [-0.39, 0.29) is 17.7 Å². The maximum Gasteiger partial charge on any atom is 0.234 e. The van der Waals surface area contributed by atoms with Crippen LogP contribution in [0.2, 0.25) is 0 Å². The molecule has 2 bridgehead atoms. The molecule has 1 aromatic carbocycles. The molecule has 0 radical (unpaired) electrons. The number of nitrogens with zero attached hydrogens (tertiary/aromatic N) is 9. The van der Waals surface area contributed by atoms with Gasteiger partial charge in [0.15, 0.2) is 5.01 Å². The van der Waals surface area contributed by atoms with Gasteiger partial charge in [-0.1, -0.05) is 23.5 Å². The van der Waals surface area contributed by atoms with Gasteiger partial charge in [-0.05, 0) is 86.9 Å². The first-order valence-electron chi connectivity index (χ1n) is 19.1. The third kappa shape index (κ3) is 6.56. The van der Waals surface area contributed by atoms with Crippen LogP contribution in [0.1, 0.15) is 62.5 Å². The van der Waals surface area contributed by atoms with Gasteiger partial charge in [-0.25, -0.2) is 4.52 Å². The zero-order chi connectivity index (χ0) is 36.8. The topological polar surface area (TPSA) is 148 Å². The number of carbonyl (C=O) groups is 2. The van der Waals surface area contributed by atoms with Crippen LogP contribution >= 0.6 is 11.3 Å². The number of hydrogen-bond acceptors (Lipinski definition) is 12. The van der Waals surface area contributed by atoms with Crippen LogP contribution in [-0.4, -0.2) is 92.9 Å². The number of nitriles is 1. The van der Waals surface area contributed by atoms with Crippen molar-refractivity contribution in [2.24, 2.45) is 5.92 Å². The largest absolute Gasteiger partial charge is 0.385 e. The van der Waals surface area contributed by atoms with Gasteiger partial charge in [-0.3, -0.25) is 24.8 Å². The maximum absolute atomic E-state index is 12.3. The second-order valence-electron chi connectivity index (χ2n) is 15.0. The number of nitrogens with one attached hydrogen (secondary N) is 2. The highest BCUT2D eigenvalue weighted by Gasteiger charge is 2.42. The fourth-order valence-corrected chi connectivity index (χ4v) is 9.74. The number of benzene rings is 1. The smallest absolute Gasteiger partial charge is 0.234 e. The summed E-state index contributed by atoms with van der Waals surface area (Å²) in [5.74, 6) is 0.0877. The summed E-state index contributed by atoms with van der Waals surface area (Å²) in [6.45, 7) is 8.02. The minimum Gasteiger partial charge on any atom is -0.385 e. The van der Waals surface area contributed by atoms with Crippen LogP contribution in [0.15, 0.2) is 60.9 Å². The molecule has 276 valence electrons.